The van der Waals surface area contributed by atoms with Gasteiger partial charge in [0.25, 0.3) is 0 Å². The number of aryl methyl sites for hydroxylation is 1. The molecule has 4 aliphatic rings. The van der Waals surface area contributed by atoms with Crippen molar-refractivity contribution in [2.45, 2.75) is 78.1 Å². The Balaban J connectivity index is 1.04. The molecule has 2 aromatic rings. The number of aliphatic imine (C=N–C) groups is 2. The summed E-state index contributed by atoms with van der Waals surface area (Å²) < 4.78 is 19.7. The summed E-state index contributed by atoms with van der Waals surface area (Å²) in [6, 6.07) is 10.9. The largest absolute Gasteiger partial charge is 0.494 e. The Kier molecular flexibility index (Phi) is 9.88. The van der Waals surface area contributed by atoms with Crippen molar-refractivity contribution < 1.29 is 18.7 Å². The van der Waals surface area contributed by atoms with E-state index in [4.69, 9.17) is 20.5 Å². The molecule has 0 aromatic heterocycles. The second-order valence-electron chi connectivity index (χ2n) is 14.0. The summed E-state index contributed by atoms with van der Waals surface area (Å²) in [6.45, 7) is 4.89. The van der Waals surface area contributed by atoms with Crippen LogP contribution in [0.15, 0.2) is 64.9 Å². The van der Waals surface area contributed by atoms with Gasteiger partial charge in [0.05, 0.1) is 18.2 Å². The van der Waals surface area contributed by atoms with Crippen LogP contribution in [0, 0.1) is 41.8 Å². The number of nitrogens with one attached hydrogen (secondary N) is 1. The molecule has 0 radical (unpaired) electrons. The number of hydrogen-bond acceptors (Lipinski definition) is 7. The van der Waals surface area contributed by atoms with Gasteiger partial charge in [-0.3, -0.25) is 14.6 Å². The topological polar surface area (TPSA) is 106 Å². The lowest BCUT2D eigenvalue weighted by Gasteiger charge is -2.27. The summed E-state index contributed by atoms with van der Waals surface area (Å²) in [6.07, 6.45) is 14.5. The van der Waals surface area contributed by atoms with E-state index in [-0.39, 0.29) is 28.8 Å². The summed E-state index contributed by atoms with van der Waals surface area (Å²) in [4.78, 5) is 35.7. The van der Waals surface area contributed by atoms with Gasteiger partial charge in [-0.1, -0.05) is 19.1 Å². The van der Waals surface area contributed by atoms with Gasteiger partial charge in [0.1, 0.15) is 5.78 Å². The number of anilines is 1. The van der Waals surface area contributed by atoms with E-state index in [1.807, 2.05) is 43.6 Å². The molecule has 8 heteroatoms. The first-order valence-electron chi connectivity index (χ1n) is 17.2. The quantitative estimate of drug-likeness (QED) is 0.216. The van der Waals surface area contributed by atoms with Gasteiger partial charge in [-0.25, -0.2) is 9.38 Å². The average Bonchev–Trinajstić information content (AvgIpc) is 3.68. The second kappa shape index (κ2) is 14.1. The van der Waals surface area contributed by atoms with E-state index in [9.17, 15) is 14.0 Å². The lowest BCUT2D eigenvalue weighted by molar-refractivity contribution is -0.124. The van der Waals surface area contributed by atoms with E-state index in [1.165, 1.54) is 13.2 Å². The normalized spacial score (nSPS) is 25.0. The number of methoxy groups -OCH3 is 1. The first kappa shape index (κ1) is 33.0. The molecule has 248 valence electrons. The fraction of sp³-hybridized carbons (Fsp3) is 0.487. The molecule has 2 saturated carbocycles. The number of nitrogens with zero attached hydrogens (tertiary/aromatic N) is 2. The molecule has 3 atom stereocenters. The Labute approximate surface area is 277 Å². The molecule has 2 fully saturated rings. The molecule has 3 unspecified atom stereocenters. The minimum absolute atomic E-state index is 0.148. The minimum Gasteiger partial charge on any atom is -0.494 e. The van der Waals surface area contributed by atoms with E-state index in [1.54, 1.807) is 6.07 Å². The van der Waals surface area contributed by atoms with Crippen molar-refractivity contribution in [1.82, 2.24) is 0 Å². The van der Waals surface area contributed by atoms with Gasteiger partial charge in [0, 0.05) is 42.4 Å². The Hall–Kier alpha value is -3.91. The van der Waals surface area contributed by atoms with Crippen LogP contribution in [0.5, 0.6) is 5.75 Å². The minimum atomic E-state index is -0.396. The van der Waals surface area contributed by atoms with Crippen LogP contribution in [0.25, 0.3) is 5.57 Å². The lowest BCUT2D eigenvalue weighted by Crippen LogP contribution is -2.30. The zero-order valence-electron chi connectivity index (χ0n) is 27.9. The third kappa shape index (κ3) is 6.89. The van der Waals surface area contributed by atoms with Gasteiger partial charge in [0.15, 0.2) is 23.2 Å². The first-order valence-corrected chi connectivity index (χ1v) is 17.2. The average molecular weight is 639 g/mol. The lowest BCUT2D eigenvalue weighted by atomic mass is 9.76. The number of allylic oxidation sites excluding steroid dienone is 2. The highest BCUT2D eigenvalue weighted by Crippen LogP contribution is 2.65. The van der Waals surface area contributed by atoms with Crippen molar-refractivity contribution in [2.24, 2.45) is 44.8 Å². The number of amidine groups is 1. The molecule has 6 rings (SSSR count). The molecule has 0 saturated heterocycles. The molecule has 2 aliphatic carbocycles. The summed E-state index contributed by atoms with van der Waals surface area (Å²) in [5.74, 6) is 2.30. The predicted molar refractivity (Wildman–Crippen MR) is 186 cm³/mol. The van der Waals surface area contributed by atoms with Crippen LogP contribution in [-0.4, -0.2) is 36.8 Å². The van der Waals surface area contributed by atoms with Crippen LogP contribution in [0.3, 0.4) is 0 Å². The van der Waals surface area contributed by atoms with Gasteiger partial charge in [-0.05, 0) is 130 Å². The number of carbonyl (C=O) groups excluding carboxylic acids is 2. The fourth-order valence-corrected chi connectivity index (χ4v) is 7.86. The molecule has 1 spiro atoms. The Morgan fingerprint density at radius 3 is 2.64 bits per heavy atom. The molecule has 2 heterocycles. The smallest absolute Gasteiger partial charge is 0.165 e. The van der Waals surface area contributed by atoms with Crippen LogP contribution >= 0.6 is 0 Å². The van der Waals surface area contributed by atoms with Gasteiger partial charge in [0.2, 0.25) is 0 Å². The SMILES string of the molecule is COc1ccc(C2=CN=C3C(Nc4ccc(C(=O)CC5CCC(C(=O)CCC(C)CCCN)CC5)c(C)c4)=NC=CC4CC234)cc1F. The highest BCUT2D eigenvalue weighted by molar-refractivity contribution is 6.51. The number of Topliss-reactive ketones (excluding diaryl/α,β-unsaturated/α-hetero) is 2. The van der Waals surface area contributed by atoms with Crippen LogP contribution < -0.4 is 15.8 Å². The van der Waals surface area contributed by atoms with Gasteiger partial charge >= 0.3 is 0 Å². The highest BCUT2D eigenvalue weighted by atomic mass is 19.1. The van der Waals surface area contributed by atoms with Crippen molar-refractivity contribution >= 4 is 34.4 Å². The number of ketones is 2. The van der Waals surface area contributed by atoms with Crippen LogP contribution in [-0.2, 0) is 4.79 Å². The summed E-state index contributed by atoms with van der Waals surface area (Å²) in [7, 11) is 1.46. The first-order chi connectivity index (χ1) is 22.7. The number of rotatable bonds is 13. The summed E-state index contributed by atoms with van der Waals surface area (Å²) in [5.41, 5.74) is 10.4. The summed E-state index contributed by atoms with van der Waals surface area (Å²) in [5, 5.41) is 3.47. The van der Waals surface area contributed by atoms with Crippen molar-refractivity contribution in [2.75, 3.05) is 19.0 Å². The maximum absolute atomic E-state index is 14.6. The molecule has 0 amide bonds. The second-order valence-corrected chi connectivity index (χ2v) is 14.0. The molecule has 3 N–H and O–H groups in total. The van der Waals surface area contributed by atoms with E-state index < -0.39 is 5.82 Å². The van der Waals surface area contributed by atoms with E-state index in [2.05, 4.69) is 18.3 Å². The van der Waals surface area contributed by atoms with E-state index in [0.29, 0.717) is 42.8 Å². The number of hydrogen-bond donors (Lipinski definition) is 2. The number of ether oxygens (including phenoxy) is 1. The third-order valence-electron chi connectivity index (χ3n) is 10.8. The number of nitrogens with two attached hydrogens (primary N) is 1. The molecule has 7 nitrogen and oxygen atoms in total. The van der Waals surface area contributed by atoms with E-state index >= 15 is 0 Å². The monoisotopic (exact) mass is 638 g/mol. The Bertz CT molecular complexity index is 1650. The Morgan fingerprint density at radius 2 is 1.91 bits per heavy atom. The van der Waals surface area contributed by atoms with Crippen LogP contribution in [0.4, 0.5) is 10.1 Å². The molecule has 2 aromatic carbocycles. The van der Waals surface area contributed by atoms with Crippen LogP contribution in [0.2, 0.25) is 0 Å². The molecule has 2 aliphatic heterocycles. The number of benzene rings is 2. The van der Waals surface area contributed by atoms with Crippen molar-refractivity contribution in [3.05, 3.63) is 77.4 Å². The fourth-order valence-electron chi connectivity index (χ4n) is 7.86. The third-order valence-corrected chi connectivity index (χ3v) is 10.8. The maximum Gasteiger partial charge on any atom is 0.165 e. The van der Waals surface area contributed by atoms with Gasteiger partial charge < -0.3 is 15.8 Å². The zero-order chi connectivity index (χ0) is 33.1. The van der Waals surface area contributed by atoms with Crippen molar-refractivity contribution in [3.63, 3.8) is 0 Å². The molecule has 0 bridgehead atoms. The molecule has 47 heavy (non-hydrogen) atoms. The molecular formula is C39H47FN4O3. The standard InChI is InChI=1S/C39H47FN4O3/c1-24(5-4-17-41)6-14-34(45)27-9-7-26(8-10-27)20-35(46)31-13-12-30(19-25(31)2)44-38-37-39(22-29(39)16-18-42-38)32(23-43-37)28-11-15-36(47-3)33(40)21-28/h11-13,15-16,18-19,21,23-24,26-27,29H,4-10,14,17,20,22,41H2,1-3H3,(H,42,44). The summed E-state index contributed by atoms with van der Waals surface area (Å²) >= 11 is 0. The van der Waals surface area contributed by atoms with Gasteiger partial charge in [-0.15, -0.1) is 0 Å². The van der Waals surface area contributed by atoms with Crippen molar-refractivity contribution in [1.29, 1.82) is 0 Å². The Morgan fingerprint density at radius 1 is 1.11 bits per heavy atom. The van der Waals surface area contributed by atoms with Crippen LogP contribution in [0.1, 0.15) is 92.6 Å². The van der Waals surface area contributed by atoms with E-state index in [0.717, 1.165) is 85.0 Å². The molecular weight excluding hydrogens is 591 g/mol. The van der Waals surface area contributed by atoms with Gasteiger partial charge in [-0.2, -0.15) is 0 Å². The predicted octanol–water partition coefficient (Wildman–Crippen LogP) is 8.09. The highest BCUT2D eigenvalue weighted by Gasteiger charge is 2.62. The maximum atomic E-state index is 14.6. The number of carbonyl (C=O) groups is 2. The van der Waals surface area contributed by atoms with Crippen molar-refractivity contribution in [3.8, 4) is 5.75 Å². The number of halogens is 1. The zero-order valence-corrected chi connectivity index (χ0v) is 27.9.